The first-order valence-electron chi connectivity index (χ1n) is 11.7. The molecular weight excluding hydrogens is 412 g/mol. The third-order valence-corrected chi connectivity index (χ3v) is 6.22. The van der Waals surface area contributed by atoms with Crippen molar-refractivity contribution >= 4 is 23.2 Å². The summed E-state index contributed by atoms with van der Waals surface area (Å²) in [6.07, 6.45) is 1.93. The number of amides is 2. The Morgan fingerprint density at radius 3 is 2.52 bits per heavy atom. The molecule has 172 valence electrons. The number of carbonyl (C=O) groups is 2. The van der Waals surface area contributed by atoms with Crippen molar-refractivity contribution in [2.45, 2.75) is 53.5 Å². The lowest BCUT2D eigenvalue weighted by Crippen LogP contribution is -2.28. The van der Waals surface area contributed by atoms with Crippen molar-refractivity contribution in [2.75, 3.05) is 16.8 Å². The summed E-state index contributed by atoms with van der Waals surface area (Å²) in [7, 11) is 0. The molecule has 6 nitrogen and oxygen atoms in total. The van der Waals surface area contributed by atoms with Gasteiger partial charge in [0.05, 0.1) is 5.69 Å². The molecule has 3 aromatic rings. The third-order valence-electron chi connectivity index (χ3n) is 6.22. The molecule has 0 radical (unpaired) electrons. The lowest BCUT2D eigenvalue weighted by Gasteiger charge is -2.17. The molecule has 0 bridgehead atoms. The summed E-state index contributed by atoms with van der Waals surface area (Å²) in [6, 6.07) is 15.2. The second-order valence-electron chi connectivity index (χ2n) is 9.19. The van der Waals surface area contributed by atoms with Crippen LogP contribution in [0.4, 0.5) is 11.4 Å². The number of nitrogens with one attached hydrogen (secondary N) is 1. The van der Waals surface area contributed by atoms with Gasteiger partial charge in [0.25, 0.3) is 5.91 Å². The van der Waals surface area contributed by atoms with Crippen LogP contribution in [-0.4, -0.2) is 28.1 Å². The monoisotopic (exact) mass is 444 g/mol. The average molecular weight is 445 g/mol. The third kappa shape index (κ3) is 5.00. The van der Waals surface area contributed by atoms with Crippen molar-refractivity contribution in [3.05, 3.63) is 76.6 Å². The second-order valence-corrected chi connectivity index (χ2v) is 9.19. The van der Waals surface area contributed by atoms with Crippen LogP contribution in [0.5, 0.6) is 0 Å². The molecular formula is C27H32N4O2. The van der Waals surface area contributed by atoms with Crippen LogP contribution in [0.1, 0.15) is 53.1 Å². The molecule has 0 spiro atoms. The number of aromatic nitrogens is 2. The van der Waals surface area contributed by atoms with Gasteiger partial charge in [-0.05, 0) is 74.1 Å². The topological polar surface area (TPSA) is 67.2 Å². The fraction of sp³-hybridized carbons (Fsp3) is 0.370. The van der Waals surface area contributed by atoms with E-state index in [4.69, 9.17) is 0 Å². The van der Waals surface area contributed by atoms with Crippen molar-refractivity contribution < 1.29 is 9.59 Å². The van der Waals surface area contributed by atoms with Crippen molar-refractivity contribution in [2.24, 2.45) is 5.92 Å². The molecule has 4 rings (SSSR count). The Morgan fingerprint density at radius 1 is 1.06 bits per heavy atom. The first-order chi connectivity index (χ1) is 15.8. The minimum Gasteiger partial charge on any atom is -0.326 e. The maximum Gasteiger partial charge on any atom is 0.258 e. The van der Waals surface area contributed by atoms with Gasteiger partial charge in [-0.2, -0.15) is 5.10 Å². The quantitative estimate of drug-likeness (QED) is 0.562. The summed E-state index contributed by atoms with van der Waals surface area (Å²) in [4.78, 5) is 27.3. The van der Waals surface area contributed by atoms with E-state index in [1.54, 1.807) is 24.3 Å². The summed E-state index contributed by atoms with van der Waals surface area (Å²) >= 11 is 0. The highest BCUT2D eigenvalue weighted by Gasteiger charge is 2.25. The normalized spacial score (nSPS) is 12.8. The van der Waals surface area contributed by atoms with E-state index in [2.05, 4.69) is 37.3 Å². The zero-order chi connectivity index (χ0) is 23.5. The Kier molecular flexibility index (Phi) is 6.63. The van der Waals surface area contributed by atoms with Crippen LogP contribution in [0.25, 0.3) is 0 Å². The van der Waals surface area contributed by atoms with Crippen LogP contribution in [0, 0.1) is 19.8 Å². The van der Waals surface area contributed by atoms with Crippen LogP contribution >= 0.6 is 0 Å². The zero-order valence-corrected chi connectivity index (χ0v) is 19.9. The predicted molar refractivity (Wildman–Crippen MR) is 132 cm³/mol. The molecule has 1 N–H and O–H groups in total. The molecule has 1 aliphatic rings. The Hall–Kier alpha value is -3.41. The Labute approximate surface area is 195 Å². The van der Waals surface area contributed by atoms with E-state index in [0.29, 0.717) is 36.6 Å². The summed E-state index contributed by atoms with van der Waals surface area (Å²) < 4.78 is 2.04. The van der Waals surface area contributed by atoms with Crippen LogP contribution in [0.2, 0.25) is 0 Å². The molecule has 0 atom stereocenters. The number of hydrogen-bond donors (Lipinski definition) is 1. The van der Waals surface area contributed by atoms with E-state index in [1.165, 1.54) is 5.56 Å². The van der Waals surface area contributed by atoms with Gasteiger partial charge in [0.2, 0.25) is 5.91 Å². The van der Waals surface area contributed by atoms with Gasteiger partial charge in [0.15, 0.2) is 0 Å². The number of para-hydroxylation sites is 1. The van der Waals surface area contributed by atoms with Crippen molar-refractivity contribution in [1.82, 2.24) is 9.78 Å². The average Bonchev–Trinajstić information content (AvgIpc) is 3.33. The lowest BCUT2D eigenvalue weighted by atomic mass is 10.1. The summed E-state index contributed by atoms with van der Waals surface area (Å²) in [5, 5.41) is 7.58. The number of fused-ring (bicyclic) bond motifs is 1. The van der Waals surface area contributed by atoms with Crippen LogP contribution < -0.4 is 10.2 Å². The summed E-state index contributed by atoms with van der Waals surface area (Å²) in [5.74, 6) is 0.467. The Bertz CT molecular complexity index is 1160. The minimum atomic E-state index is -0.0436. The zero-order valence-electron chi connectivity index (χ0n) is 19.9. The van der Waals surface area contributed by atoms with Gasteiger partial charge < -0.3 is 10.2 Å². The molecule has 2 amide bonds. The number of nitrogens with zero attached hydrogens (tertiary/aromatic N) is 3. The first kappa shape index (κ1) is 22.8. The molecule has 0 aliphatic carbocycles. The van der Waals surface area contributed by atoms with Crippen LogP contribution in [0.15, 0.2) is 48.5 Å². The van der Waals surface area contributed by atoms with E-state index in [0.717, 1.165) is 35.6 Å². The molecule has 2 aromatic carbocycles. The van der Waals surface area contributed by atoms with Gasteiger partial charge in [-0.1, -0.05) is 32.0 Å². The number of carbonyl (C=O) groups excluding carboxylic acids is 2. The maximum absolute atomic E-state index is 13.0. The first-order valence-corrected chi connectivity index (χ1v) is 11.7. The van der Waals surface area contributed by atoms with E-state index in [1.807, 2.05) is 34.7 Å². The summed E-state index contributed by atoms with van der Waals surface area (Å²) in [6.45, 7) is 10.0. The van der Waals surface area contributed by atoms with Crippen molar-refractivity contribution in [3.8, 4) is 0 Å². The van der Waals surface area contributed by atoms with E-state index in [-0.39, 0.29) is 11.8 Å². The van der Waals surface area contributed by atoms with E-state index >= 15 is 0 Å². The predicted octanol–water partition coefficient (Wildman–Crippen LogP) is 4.93. The van der Waals surface area contributed by atoms with Gasteiger partial charge in [0, 0.05) is 42.1 Å². The standard InChI is InChI=1S/C27H32N4O2/c1-18(2)17-31-20(4)24(19(3)29-31)13-14-26(32)28-23-11-9-22(10-12-23)27(33)30-16-15-21-7-5-6-8-25(21)30/h5-12,18H,13-17H2,1-4H3,(H,28,32). The molecule has 1 aliphatic heterocycles. The highest BCUT2D eigenvalue weighted by molar-refractivity contribution is 6.07. The Balaban J connectivity index is 1.35. The molecule has 0 fully saturated rings. The van der Waals surface area contributed by atoms with Gasteiger partial charge in [-0.15, -0.1) is 0 Å². The van der Waals surface area contributed by atoms with Crippen LogP contribution in [0.3, 0.4) is 0 Å². The molecule has 2 heterocycles. The number of hydrogen-bond acceptors (Lipinski definition) is 3. The van der Waals surface area contributed by atoms with Gasteiger partial charge in [-0.25, -0.2) is 0 Å². The molecule has 6 heteroatoms. The van der Waals surface area contributed by atoms with Crippen LogP contribution in [-0.2, 0) is 24.2 Å². The van der Waals surface area contributed by atoms with Gasteiger partial charge in [0.1, 0.15) is 0 Å². The molecule has 1 aromatic heterocycles. The van der Waals surface area contributed by atoms with Gasteiger partial charge >= 0.3 is 0 Å². The SMILES string of the molecule is Cc1nn(CC(C)C)c(C)c1CCC(=O)Nc1ccc(C(=O)N2CCc3ccccc32)cc1. The highest BCUT2D eigenvalue weighted by Crippen LogP contribution is 2.29. The maximum atomic E-state index is 13.0. The second kappa shape index (κ2) is 9.61. The largest absolute Gasteiger partial charge is 0.326 e. The van der Waals surface area contributed by atoms with Crippen molar-refractivity contribution in [3.63, 3.8) is 0 Å². The summed E-state index contributed by atoms with van der Waals surface area (Å²) in [5.41, 5.74) is 6.79. The molecule has 33 heavy (non-hydrogen) atoms. The van der Waals surface area contributed by atoms with Crippen molar-refractivity contribution in [1.29, 1.82) is 0 Å². The number of rotatable bonds is 7. The van der Waals surface area contributed by atoms with Gasteiger partial charge in [-0.3, -0.25) is 14.3 Å². The Morgan fingerprint density at radius 2 is 1.79 bits per heavy atom. The molecule has 0 saturated heterocycles. The number of benzene rings is 2. The molecule has 0 saturated carbocycles. The number of anilines is 2. The fourth-order valence-corrected chi connectivity index (χ4v) is 4.48. The van der Waals surface area contributed by atoms with E-state index < -0.39 is 0 Å². The minimum absolute atomic E-state index is 0.0119. The lowest BCUT2D eigenvalue weighted by molar-refractivity contribution is -0.116. The van der Waals surface area contributed by atoms with E-state index in [9.17, 15) is 9.59 Å². The fourth-order valence-electron chi connectivity index (χ4n) is 4.48. The molecule has 0 unspecified atom stereocenters. The highest BCUT2D eigenvalue weighted by atomic mass is 16.2. The smallest absolute Gasteiger partial charge is 0.258 e. The number of aryl methyl sites for hydroxylation is 1.